The molecule has 0 spiro atoms. The van der Waals surface area contributed by atoms with Crippen molar-refractivity contribution in [1.82, 2.24) is 19.4 Å². The summed E-state index contributed by atoms with van der Waals surface area (Å²) in [5, 5.41) is 0. The minimum atomic E-state index is -0.357. The van der Waals surface area contributed by atoms with Crippen LogP contribution in [0.1, 0.15) is 40.4 Å². The van der Waals surface area contributed by atoms with E-state index >= 15 is 0 Å². The SMILES string of the molecule is O=C(c1cccc(Cn2ccnc2)c1)N1CCC[C@@H](c2cccc(Oc3cccc(F)c3)n2)C1. The smallest absolute Gasteiger partial charge is 0.253 e. The average molecular weight is 457 g/mol. The van der Waals surface area contributed by atoms with Crippen molar-refractivity contribution in [2.45, 2.75) is 25.3 Å². The second kappa shape index (κ2) is 9.87. The molecule has 0 unspecified atom stereocenters. The third-order valence-electron chi connectivity index (χ3n) is 5.99. The average Bonchev–Trinajstić information content (AvgIpc) is 3.37. The summed E-state index contributed by atoms with van der Waals surface area (Å²) in [7, 11) is 0. The third kappa shape index (κ3) is 5.14. The summed E-state index contributed by atoms with van der Waals surface area (Å²) in [4.78, 5) is 23.9. The van der Waals surface area contributed by atoms with Crippen LogP contribution in [0, 0.1) is 5.82 Å². The lowest BCUT2D eigenvalue weighted by atomic mass is 9.93. The van der Waals surface area contributed by atoms with Crippen molar-refractivity contribution in [1.29, 1.82) is 0 Å². The molecule has 1 atom stereocenters. The molecule has 4 aromatic rings. The van der Waals surface area contributed by atoms with E-state index in [1.807, 2.05) is 52.1 Å². The van der Waals surface area contributed by atoms with E-state index in [2.05, 4.69) is 9.97 Å². The van der Waals surface area contributed by atoms with Gasteiger partial charge in [-0.1, -0.05) is 24.3 Å². The van der Waals surface area contributed by atoms with Crippen molar-refractivity contribution < 1.29 is 13.9 Å². The molecule has 0 radical (unpaired) electrons. The highest BCUT2D eigenvalue weighted by Gasteiger charge is 2.26. The number of likely N-dealkylation sites (tertiary alicyclic amines) is 1. The first-order chi connectivity index (χ1) is 16.6. The van der Waals surface area contributed by atoms with Gasteiger partial charge in [0.2, 0.25) is 5.88 Å². The van der Waals surface area contributed by atoms with Crippen molar-refractivity contribution in [3.05, 3.63) is 108 Å². The summed E-state index contributed by atoms with van der Waals surface area (Å²) >= 11 is 0. The Bertz CT molecular complexity index is 1280. The quantitative estimate of drug-likeness (QED) is 0.396. The monoisotopic (exact) mass is 456 g/mol. The fraction of sp³-hybridized carbons (Fsp3) is 0.222. The Morgan fingerprint density at radius 1 is 1.09 bits per heavy atom. The maximum absolute atomic E-state index is 13.5. The van der Waals surface area contributed by atoms with E-state index in [4.69, 9.17) is 4.74 Å². The van der Waals surface area contributed by atoms with E-state index in [1.54, 1.807) is 30.7 Å². The molecule has 34 heavy (non-hydrogen) atoms. The number of hydrogen-bond donors (Lipinski definition) is 0. The lowest BCUT2D eigenvalue weighted by molar-refractivity contribution is 0.0705. The van der Waals surface area contributed by atoms with Gasteiger partial charge in [-0.25, -0.2) is 14.4 Å². The molecule has 0 bridgehead atoms. The lowest BCUT2D eigenvalue weighted by Crippen LogP contribution is -2.39. The molecule has 1 aliphatic heterocycles. The molecule has 1 amide bonds. The number of nitrogens with zero attached hydrogens (tertiary/aromatic N) is 4. The normalized spacial score (nSPS) is 15.8. The highest BCUT2D eigenvalue weighted by atomic mass is 19.1. The molecule has 3 heterocycles. The number of hydrogen-bond acceptors (Lipinski definition) is 4. The van der Waals surface area contributed by atoms with Gasteiger partial charge in [0.05, 0.1) is 6.33 Å². The molecule has 5 rings (SSSR count). The fourth-order valence-corrected chi connectivity index (χ4v) is 4.35. The van der Waals surface area contributed by atoms with E-state index in [9.17, 15) is 9.18 Å². The topological polar surface area (TPSA) is 60.2 Å². The largest absolute Gasteiger partial charge is 0.439 e. The van der Waals surface area contributed by atoms with Crippen LogP contribution in [0.3, 0.4) is 0 Å². The van der Waals surface area contributed by atoms with E-state index < -0.39 is 0 Å². The molecular formula is C27H25FN4O2. The Morgan fingerprint density at radius 2 is 1.97 bits per heavy atom. The number of imidazole rings is 1. The summed E-state index contributed by atoms with van der Waals surface area (Å²) in [6.45, 7) is 1.99. The molecule has 0 aliphatic carbocycles. The minimum Gasteiger partial charge on any atom is -0.439 e. The molecular weight excluding hydrogens is 431 g/mol. The van der Waals surface area contributed by atoms with Crippen molar-refractivity contribution in [3.63, 3.8) is 0 Å². The van der Waals surface area contributed by atoms with Gasteiger partial charge in [-0.3, -0.25) is 4.79 Å². The highest BCUT2D eigenvalue weighted by molar-refractivity contribution is 5.94. The molecule has 1 fully saturated rings. The first-order valence-electron chi connectivity index (χ1n) is 11.4. The van der Waals surface area contributed by atoms with Gasteiger partial charge in [-0.2, -0.15) is 0 Å². The summed E-state index contributed by atoms with van der Waals surface area (Å²) in [5.41, 5.74) is 2.62. The van der Waals surface area contributed by atoms with Gasteiger partial charge in [-0.05, 0) is 48.7 Å². The van der Waals surface area contributed by atoms with Crippen LogP contribution >= 0.6 is 0 Å². The molecule has 172 valence electrons. The predicted molar refractivity (Wildman–Crippen MR) is 126 cm³/mol. The minimum absolute atomic E-state index is 0.0318. The zero-order valence-electron chi connectivity index (χ0n) is 18.7. The lowest BCUT2D eigenvalue weighted by Gasteiger charge is -2.32. The second-order valence-electron chi connectivity index (χ2n) is 8.49. The first kappa shape index (κ1) is 21.8. The van der Waals surface area contributed by atoms with Crippen LogP contribution in [0.4, 0.5) is 4.39 Å². The van der Waals surface area contributed by atoms with Gasteiger partial charge < -0.3 is 14.2 Å². The molecule has 6 nitrogen and oxygen atoms in total. The molecule has 1 aliphatic rings. The first-order valence-corrected chi connectivity index (χ1v) is 11.4. The molecule has 2 aromatic carbocycles. The van der Waals surface area contributed by atoms with Crippen molar-refractivity contribution in [3.8, 4) is 11.6 Å². The van der Waals surface area contributed by atoms with Crippen LogP contribution in [0.5, 0.6) is 11.6 Å². The van der Waals surface area contributed by atoms with Crippen LogP contribution in [-0.2, 0) is 6.54 Å². The number of amides is 1. The van der Waals surface area contributed by atoms with E-state index in [1.165, 1.54) is 12.1 Å². The van der Waals surface area contributed by atoms with E-state index in [0.29, 0.717) is 30.3 Å². The predicted octanol–water partition coefficient (Wildman–Crippen LogP) is 5.28. The number of rotatable bonds is 6. The Balaban J connectivity index is 1.28. The number of halogens is 1. The Hall–Kier alpha value is -4.00. The summed E-state index contributed by atoms with van der Waals surface area (Å²) in [5.74, 6) is 0.607. The van der Waals surface area contributed by atoms with Gasteiger partial charge in [0.1, 0.15) is 11.6 Å². The number of pyridine rings is 1. The fourth-order valence-electron chi connectivity index (χ4n) is 4.35. The van der Waals surface area contributed by atoms with Crippen LogP contribution < -0.4 is 4.74 Å². The van der Waals surface area contributed by atoms with Crippen LogP contribution in [-0.4, -0.2) is 38.4 Å². The molecule has 0 saturated carbocycles. The van der Waals surface area contributed by atoms with Gasteiger partial charge in [0.15, 0.2) is 0 Å². The standard InChI is InChI=1S/C27H25FN4O2/c28-23-8-2-9-24(16-23)34-26-11-3-10-25(30-26)22-7-4-13-32(18-22)27(33)21-6-1-5-20(15-21)17-31-14-12-29-19-31/h1-3,5-6,8-12,14-16,19,22H,4,7,13,17-18H2/t22-/m1/s1. The number of benzene rings is 2. The summed E-state index contributed by atoms with van der Waals surface area (Å²) < 4.78 is 21.2. The maximum Gasteiger partial charge on any atom is 0.253 e. The zero-order chi connectivity index (χ0) is 23.3. The Labute approximate surface area is 197 Å². The van der Waals surface area contributed by atoms with Gasteiger partial charge >= 0.3 is 0 Å². The van der Waals surface area contributed by atoms with Gasteiger partial charge in [-0.15, -0.1) is 0 Å². The molecule has 2 aromatic heterocycles. The molecule has 7 heteroatoms. The molecule has 1 saturated heterocycles. The van der Waals surface area contributed by atoms with Crippen LogP contribution in [0.15, 0.2) is 85.5 Å². The third-order valence-corrected chi connectivity index (χ3v) is 5.99. The van der Waals surface area contributed by atoms with E-state index in [0.717, 1.165) is 30.6 Å². The maximum atomic E-state index is 13.5. The van der Waals surface area contributed by atoms with E-state index in [-0.39, 0.29) is 17.6 Å². The number of piperidine rings is 1. The number of carbonyl (C=O) groups excluding carboxylic acids is 1. The van der Waals surface area contributed by atoms with Crippen molar-refractivity contribution >= 4 is 5.91 Å². The van der Waals surface area contributed by atoms with Gasteiger partial charge in [0, 0.05) is 61.3 Å². The van der Waals surface area contributed by atoms with Crippen LogP contribution in [0.25, 0.3) is 0 Å². The second-order valence-corrected chi connectivity index (χ2v) is 8.49. The Kier molecular flexibility index (Phi) is 6.33. The number of aromatic nitrogens is 3. The number of carbonyl (C=O) groups is 1. The molecule has 0 N–H and O–H groups in total. The van der Waals surface area contributed by atoms with Gasteiger partial charge in [0.25, 0.3) is 5.91 Å². The van der Waals surface area contributed by atoms with Crippen molar-refractivity contribution in [2.75, 3.05) is 13.1 Å². The zero-order valence-corrected chi connectivity index (χ0v) is 18.7. The Morgan fingerprint density at radius 3 is 2.82 bits per heavy atom. The number of ether oxygens (including phenoxy) is 1. The highest BCUT2D eigenvalue weighted by Crippen LogP contribution is 2.29. The van der Waals surface area contributed by atoms with Crippen LogP contribution in [0.2, 0.25) is 0 Å². The summed E-state index contributed by atoms with van der Waals surface area (Å²) in [6.07, 6.45) is 7.27. The summed E-state index contributed by atoms with van der Waals surface area (Å²) in [6, 6.07) is 19.4. The van der Waals surface area contributed by atoms with Crippen molar-refractivity contribution in [2.24, 2.45) is 0 Å².